The van der Waals surface area contributed by atoms with Crippen LogP contribution in [-0.2, 0) is 68.7 Å². The predicted molar refractivity (Wildman–Crippen MR) is 168 cm³/mol. The Kier molecular flexibility index (Phi) is 14.1. The quantitative estimate of drug-likeness (QED) is 0.238. The van der Waals surface area contributed by atoms with Crippen LogP contribution in [0.3, 0.4) is 0 Å². The summed E-state index contributed by atoms with van der Waals surface area (Å²) in [5, 5.41) is 21.1. The molecule has 0 saturated carbocycles. The third-order valence-electron chi connectivity index (χ3n) is 6.88. The van der Waals surface area contributed by atoms with E-state index in [1.54, 1.807) is 24.3 Å². The van der Waals surface area contributed by atoms with E-state index in [4.69, 9.17) is 0 Å². The van der Waals surface area contributed by atoms with Crippen molar-refractivity contribution >= 4 is 15.2 Å². The van der Waals surface area contributed by atoms with Crippen molar-refractivity contribution in [1.82, 2.24) is 0 Å². The van der Waals surface area contributed by atoms with Gasteiger partial charge in [0.1, 0.15) is 26.7 Å². The number of benzene rings is 2. The molecular weight excluding hydrogens is 633 g/mol. The van der Waals surface area contributed by atoms with E-state index < -0.39 is 15.2 Å². The molecule has 2 rings (SSSR count). The van der Waals surface area contributed by atoms with Gasteiger partial charge in [0.15, 0.2) is 0 Å². The van der Waals surface area contributed by atoms with Crippen LogP contribution in [0.5, 0.6) is 11.5 Å². The Balaban J connectivity index is 0.000000802. The van der Waals surface area contributed by atoms with Gasteiger partial charge in [-0.15, -0.1) is 0 Å². The number of hydrogen-bond acceptors (Lipinski definition) is 8. The van der Waals surface area contributed by atoms with Crippen LogP contribution in [0.15, 0.2) is 24.3 Å². The summed E-state index contributed by atoms with van der Waals surface area (Å²) < 4.78 is 32.6. The van der Waals surface area contributed by atoms with Gasteiger partial charge in [0.05, 0.1) is 0 Å². The van der Waals surface area contributed by atoms with Gasteiger partial charge < -0.3 is 38.2 Å². The number of phenolic OH excluding ortho intramolecular Hbond substituents is 2. The fourth-order valence-electron chi connectivity index (χ4n) is 4.43. The summed E-state index contributed by atoms with van der Waals surface area (Å²) in [4.78, 5) is 23.4. The van der Waals surface area contributed by atoms with Crippen molar-refractivity contribution in [3.05, 3.63) is 57.6 Å². The normalized spacial score (nSPS) is 15.4. The SMILES string of the molecule is COP(=O)([O-])Cc1cc(C(C)(C)C)c(O)c(C(C)(C)C)c1.COP(=O)([O-])Cc1cc(C(C)(C)C)c(O)c(C(C)(C)C)c1.[Ni+2]. The summed E-state index contributed by atoms with van der Waals surface area (Å²) in [5.74, 6) is 0.494. The van der Waals surface area contributed by atoms with Gasteiger partial charge in [-0.3, -0.25) is 0 Å². The summed E-state index contributed by atoms with van der Waals surface area (Å²) in [6.07, 6.45) is -0.341. The molecule has 2 aromatic carbocycles. The molecule has 2 unspecified atom stereocenters. The van der Waals surface area contributed by atoms with E-state index in [9.17, 15) is 29.1 Å². The molecule has 0 aliphatic heterocycles. The van der Waals surface area contributed by atoms with Crippen molar-refractivity contribution in [2.45, 2.75) is 117 Å². The van der Waals surface area contributed by atoms with Crippen LogP contribution in [0, 0.1) is 0 Å². The maximum atomic E-state index is 11.7. The first-order valence-corrected chi connectivity index (χ1v) is 17.5. The largest absolute Gasteiger partial charge is 2.00 e. The van der Waals surface area contributed by atoms with Crippen molar-refractivity contribution < 1.29 is 54.7 Å². The molecule has 0 spiro atoms. The fourth-order valence-corrected chi connectivity index (χ4v) is 5.95. The van der Waals surface area contributed by atoms with Crippen molar-refractivity contribution in [3.63, 3.8) is 0 Å². The van der Waals surface area contributed by atoms with Crippen LogP contribution in [0.1, 0.15) is 116 Å². The van der Waals surface area contributed by atoms with E-state index in [2.05, 4.69) is 9.05 Å². The first-order chi connectivity index (χ1) is 18.6. The van der Waals surface area contributed by atoms with Crippen LogP contribution >= 0.6 is 15.2 Å². The van der Waals surface area contributed by atoms with Gasteiger partial charge >= 0.3 is 16.5 Å². The summed E-state index contributed by atoms with van der Waals surface area (Å²) >= 11 is 0. The average Bonchev–Trinajstić information content (AvgIpc) is 2.78. The number of hydrogen-bond donors (Lipinski definition) is 2. The Morgan fingerprint density at radius 3 is 0.884 bits per heavy atom. The molecule has 0 aliphatic rings. The Morgan fingerprint density at radius 1 is 0.558 bits per heavy atom. The van der Waals surface area contributed by atoms with Crippen LogP contribution in [0.4, 0.5) is 0 Å². The third-order valence-corrected chi connectivity index (χ3v) is 9.50. The molecule has 2 aromatic rings. The first-order valence-electron chi connectivity index (χ1n) is 14.0. The number of rotatable bonds is 6. The minimum atomic E-state index is -3.89. The molecule has 0 radical (unpaired) electrons. The summed E-state index contributed by atoms with van der Waals surface area (Å²) in [6.45, 7) is 23.9. The molecule has 0 amide bonds. The van der Waals surface area contributed by atoms with E-state index in [0.29, 0.717) is 11.1 Å². The second-order valence-corrected chi connectivity index (χ2v) is 18.8. The molecule has 2 N–H and O–H groups in total. The molecule has 11 heteroatoms. The molecule has 0 saturated heterocycles. The van der Waals surface area contributed by atoms with Crippen LogP contribution < -0.4 is 9.79 Å². The van der Waals surface area contributed by atoms with E-state index in [1.807, 2.05) is 83.1 Å². The van der Waals surface area contributed by atoms with Gasteiger partial charge in [-0.1, -0.05) is 107 Å². The Labute approximate surface area is 269 Å². The second-order valence-electron chi connectivity index (χ2n) is 15.0. The third kappa shape index (κ3) is 12.3. The predicted octanol–water partition coefficient (Wildman–Crippen LogP) is 7.37. The molecule has 2 atom stereocenters. The van der Waals surface area contributed by atoms with Gasteiger partial charge in [0.2, 0.25) is 0 Å². The second kappa shape index (κ2) is 14.5. The molecular formula is C32H52NiO8P2. The van der Waals surface area contributed by atoms with Gasteiger partial charge in [-0.2, -0.15) is 0 Å². The smallest absolute Gasteiger partial charge is 0.778 e. The zero-order valence-electron chi connectivity index (χ0n) is 28.3. The average molecular weight is 685 g/mol. The van der Waals surface area contributed by atoms with Gasteiger partial charge in [-0.25, -0.2) is 0 Å². The van der Waals surface area contributed by atoms with E-state index >= 15 is 0 Å². The molecule has 0 heterocycles. The topological polar surface area (TPSA) is 139 Å². The Morgan fingerprint density at radius 2 is 0.744 bits per heavy atom. The number of aromatic hydroxyl groups is 2. The van der Waals surface area contributed by atoms with Crippen molar-refractivity contribution in [1.29, 1.82) is 0 Å². The van der Waals surface area contributed by atoms with Gasteiger partial charge in [0.25, 0.3) is 0 Å². The monoisotopic (exact) mass is 684 g/mol. The summed E-state index contributed by atoms with van der Waals surface area (Å²) in [7, 11) is -5.43. The minimum Gasteiger partial charge on any atom is -0.778 e. The Hall–Kier alpha value is -1.17. The molecule has 0 bridgehead atoms. The van der Waals surface area contributed by atoms with Crippen molar-refractivity contribution in [2.24, 2.45) is 0 Å². The van der Waals surface area contributed by atoms with Gasteiger partial charge in [0, 0.05) is 26.5 Å². The zero-order chi connectivity index (χ0) is 33.3. The molecule has 0 aromatic heterocycles. The molecule has 248 valence electrons. The maximum absolute atomic E-state index is 11.7. The van der Waals surface area contributed by atoms with Crippen LogP contribution in [0.2, 0.25) is 0 Å². The molecule has 0 fully saturated rings. The minimum absolute atomic E-state index is 0. The standard InChI is InChI=1S/2C16H27O4P.Ni/c2*1-15(2,3)12-8-11(10-21(18,19)20-7)9-13(14(12)17)16(4,5)6;/h2*8-9,17H,10H2,1-7H3,(H,18,19);/q;;+2/p-2. The maximum Gasteiger partial charge on any atom is 2.00 e. The van der Waals surface area contributed by atoms with Gasteiger partial charge in [-0.05, 0) is 55.0 Å². The van der Waals surface area contributed by atoms with E-state index in [-0.39, 0.29) is 62.0 Å². The Bertz CT molecular complexity index is 1170. The van der Waals surface area contributed by atoms with Crippen molar-refractivity contribution in [2.75, 3.05) is 14.2 Å². The molecule has 0 aliphatic carbocycles. The fraction of sp³-hybridized carbons (Fsp3) is 0.625. The van der Waals surface area contributed by atoms with Crippen LogP contribution in [0.25, 0.3) is 0 Å². The van der Waals surface area contributed by atoms with E-state index in [0.717, 1.165) is 22.3 Å². The molecule has 43 heavy (non-hydrogen) atoms. The summed E-state index contributed by atoms with van der Waals surface area (Å²) in [6, 6.07) is 7.03. The number of phenols is 2. The van der Waals surface area contributed by atoms with E-state index in [1.165, 1.54) is 14.2 Å². The van der Waals surface area contributed by atoms with Crippen LogP contribution in [-0.4, -0.2) is 24.4 Å². The van der Waals surface area contributed by atoms with Crippen molar-refractivity contribution in [3.8, 4) is 11.5 Å². The molecule has 8 nitrogen and oxygen atoms in total. The zero-order valence-corrected chi connectivity index (χ0v) is 31.1. The summed E-state index contributed by atoms with van der Waals surface area (Å²) in [5.41, 5.74) is 3.18. The first kappa shape index (κ1) is 41.8.